The Morgan fingerprint density at radius 2 is 2.17 bits per heavy atom. The van der Waals surface area contributed by atoms with Crippen LogP contribution in [0.25, 0.3) is 0 Å². The summed E-state index contributed by atoms with van der Waals surface area (Å²) in [5.41, 5.74) is 0.525. The lowest BCUT2D eigenvalue weighted by Gasteiger charge is -2.12. The Hall–Kier alpha value is -1.65. The highest BCUT2D eigenvalue weighted by Crippen LogP contribution is 2.15. The Bertz CT molecular complexity index is 519. The topological polar surface area (TPSA) is 45.1 Å². The lowest BCUT2D eigenvalue weighted by Crippen LogP contribution is -2.12. The zero-order valence-corrected chi connectivity index (χ0v) is 10.2. The number of nitrogens with one attached hydrogen (secondary N) is 1. The molecule has 0 aliphatic rings. The number of hydrogen-bond donors (Lipinski definition) is 2. The van der Waals surface area contributed by atoms with E-state index in [4.69, 9.17) is 11.6 Å². The van der Waals surface area contributed by atoms with E-state index in [-0.39, 0.29) is 12.4 Å². The Labute approximate surface area is 109 Å². The molecule has 94 valence electrons. The van der Waals surface area contributed by atoms with Gasteiger partial charge in [0.1, 0.15) is 11.6 Å². The zero-order chi connectivity index (χ0) is 13.0. The molecule has 18 heavy (non-hydrogen) atoms. The summed E-state index contributed by atoms with van der Waals surface area (Å²) >= 11 is 5.71. The molecule has 0 spiro atoms. The molecule has 0 fully saturated rings. The molecule has 2 aromatic rings. The van der Waals surface area contributed by atoms with Crippen molar-refractivity contribution in [3.8, 4) is 0 Å². The van der Waals surface area contributed by atoms with Gasteiger partial charge in [-0.2, -0.15) is 0 Å². The second-order valence-electron chi connectivity index (χ2n) is 3.81. The molecule has 2 N–H and O–H groups in total. The predicted molar refractivity (Wildman–Crippen MR) is 69.1 cm³/mol. The lowest BCUT2D eigenvalue weighted by atomic mass is 10.1. The summed E-state index contributed by atoms with van der Waals surface area (Å²) in [7, 11) is 0. The Balaban J connectivity index is 1.96. The van der Waals surface area contributed by atoms with Crippen LogP contribution in [0, 0.1) is 5.82 Å². The van der Waals surface area contributed by atoms with Gasteiger partial charge in [0, 0.05) is 12.7 Å². The van der Waals surface area contributed by atoms with Crippen molar-refractivity contribution in [3.63, 3.8) is 0 Å². The lowest BCUT2D eigenvalue weighted by molar-refractivity contribution is 0.191. The molecule has 0 aliphatic heterocycles. The number of anilines is 1. The van der Waals surface area contributed by atoms with E-state index < -0.39 is 6.10 Å². The van der Waals surface area contributed by atoms with Gasteiger partial charge in [-0.1, -0.05) is 23.7 Å². The first-order valence-electron chi connectivity index (χ1n) is 5.44. The summed E-state index contributed by atoms with van der Waals surface area (Å²) in [6.07, 6.45) is 0.719. The van der Waals surface area contributed by atoms with Crippen LogP contribution in [0.15, 0.2) is 42.6 Å². The normalized spacial score (nSPS) is 12.2. The van der Waals surface area contributed by atoms with Crippen molar-refractivity contribution in [3.05, 3.63) is 59.0 Å². The van der Waals surface area contributed by atoms with Gasteiger partial charge in [-0.15, -0.1) is 0 Å². The standard InChI is InChI=1S/C13H12ClFN2O/c14-10-4-5-13(16-7-10)17-8-12(18)9-2-1-3-11(15)6-9/h1-7,12,18H,8H2,(H,16,17)/t12-/m0/s1. The third-order valence-electron chi connectivity index (χ3n) is 2.44. The third kappa shape index (κ3) is 3.42. The molecule has 3 nitrogen and oxygen atoms in total. The number of hydrogen-bond acceptors (Lipinski definition) is 3. The zero-order valence-electron chi connectivity index (χ0n) is 9.48. The molecule has 0 amide bonds. The van der Waals surface area contributed by atoms with Gasteiger partial charge >= 0.3 is 0 Å². The average Bonchev–Trinajstić information content (AvgIpc) is 2.38. The van der Waals surface area contributed by atoms with E-state index in [0.29, 0.717) is 16.4 Å². The van der Waals surface area contributed by atoms with E-state index in [2.05, 4.69) is 10.3 Å². The number of pyridine rings is 1. The van der Waals surface area contributed by atoms with Crippen molar-refractivity contribution < 1.29 is 9.50 Å². The van der Waals surface area contributed by atoms with Gasteiger partial charge in [0.05, 0.1) is 11.1 Å². The molecule has 0 radical (unpaired) electrons. The number of halogens is 2. The van der Waals surface area contributed by atoms with E-state index in [9.17, 15) is 9.50 Å². The van der Waals surface area contributed by atoms with E-state index in [1.54, 1.807) is 24.3 Å². The summed E-state index contributed by atoms with van der Waals surface area (Å²) in [5.74, 6) is 0.242. The van der Waals surface area contributed by atoms with Gasteiger partial charge in [0.2, 0.25) is 0 Å². The monoisotopic (exact) mass is 266 g/mol. The van der Waals surface area contributed by atoms with Crippen molar-refractivity contribution in [2.75, 3.05) is 11.9 Å². The first-order valence-corrected chi connectivity index (χ1v) is 5.82. The fourth-order valence-corrected chi connectivity index (χ4v) is 1.63. The van der Waals surface area contributed by atoms with Gasteiger partial charge in [-0.25, -0.2) is 9.37 Å². The summed E-state index contributed by atoms with van der Waals surface area (Å²) in [6, 6.07) is 9.29. The quantitative estimate of drug-likeness (QED) is 0.894. The van der Waals surface area contributed by atoms with Crippen molar-refractivity contribution >= 4 is 17.4 Å². The molecule has 5 heteroatoms. The van der Waals surface area contributed by atoms with Crippen LogP contribution in [0.2, 0.25) is 5.02 Å². The molecule has 2 rings (SSSR count). The Morgan fingerprint density at radius 1 is 1.33 bits per heavy atom. The highest BCUT2D eigenvalue weighted by Gasteiger charge is 2.08. The van der Waals surface area contributed by atoms with Crippen molar-refractivity contribution in [1.29, 1.82) is 0 Å². The number of benzene rings is 1. The van der Waals surface area contributed by atoms with Crippen LogP contribution in [-0.4, -0.2) is 16.6 Å². The number of aromatic nitrogens is 1. The fourth-order valence-electron chi connectivity index (χ4n) is 1.51. The molecule has 1 aromatic heterocycles. The molecule has 0 aliphatic carbocycles. The maximum Gasteiger partial charge on any atom is 0.126 e. The van der Waals surface area contributed by atoms with Crippen LogP contribution in [0.4, 0.5) is 10.2 Å². The molecule has 1 atom stereocenters. The number of nitrogens with zero attached hydrogens (tertiary/aromatic N) is 1. The van der Waals surface area contributed by atoms with Crippen LogP contribution in [-0.2, 0) is 0 Å². The van der Waals surface area contributed by atoms with Crippen LogP contribution in [0.1, 0.15) is 11.7 Å². The molecular weight excluding hydrogens is 255 g/mol. The molecule has 0 saturated carbocycles. The molecule has 1 aromatic carbocycles. The minimum atomic E-state index is -0.793. The van der Waals surface area contributed by atoms with Crippen molar-refractivity contribution in [2.24, 2.45) is 0 Å². The number of aliphatic hydroxyl groups is 1. The summed E-state index contributed by atoms with van der Waals surface area (Å²) in [6.45, 7) is 0.248. The van der Waals surface area contributed by atoms with E-state index in [1.165, 1.54) is 18.3 Å². The molecule has 0 saturated heterocycles. The van der Waals surface area contributed by atoms with Crippen LogP contribution >= 0.6 is 11.6 Å². The van der Waals surface area contributed by atoms with E-state index >= 15 is 0 Å². The van der Waals surface area contributed by atoms with Gasteiger partial charge < -0.3 is 10.4 Å². The largest absolute Gasteiger partial charge is 0.387 e. The highest BCUT2D eigenvalue weighted by atomic mass is 35.5. The highest BCUT2D eigenvalue weighted by molar-refractivity contribution is 6.30. The van der Waals surface area contributed by atoms with Crippen molar-refractivity contribution in [1.82, 2.24) is 4.98 Å². The molecule has 1 heterocycles. The fraction of sp³-hybridized carbons (Fsp3) is 0.154. The summed E-state index contributed by atoms with van der Waals surface area (Å²) in [4.78, 5) is 4.03. The minimum absolute atomic E-state index is 0.248. The second-order valence-corrected chi connectivity index (χ2v) is 4.25. The van der Waals surface area contributed by atoms with E-state index in [1.807, 2.05) is 0 Å². The SMILES string of the molecule is O[C@@H](CNc1ccc(Cl)cn1)c1cccc(F)c1. The first kappa shape index (κ1) is 12.8. The third-order valence-corrected chi connectivity index (χ3v) is 2.66. The van der Waals surface area contributed by atoms with Crippen LogP contribution < -0.4 is 5.32 Å². The molecular formula is C13H12ClFN2O. The number of rotatable bonds is 4. The van der Waals surface area contributed by atoms with Gasteiger partial charge in [0.25, 0.3) is 0 Å². The van der Waals surface area contributed by atoms with E-state index in [0.717, 1.165) is 0 Å². The second kappa shape index (κ2) is 5.80. The first-order chi connectivity index (χ1) is 8.65. The summed E-state index contributed by atoms with van der Waals surface area (Å²) in [5, 5.41) is 13.4. The van der Waals surface area contributed by atoms with Crippen LogP contribution in [0.3, 0.4) is 0 Å². The Kier molecular flexibility index (Phi) is 4.12. The molecule has 0 bridgehead atoms. The predicted octanol–water partition coefficient (Wildman–Crippen LogP) is 3.02. The smallest absolute Gasteiger partial charge is 0.126 e. The minimum Gasteiger partial charge on any atom is -0.387 e. The molecule has 0 unspecified atom stereocenters. The van der Waals surface area contributed by atoms with Gasteiger partial charge in [-0.05, 0) is 29.8 Å². The maximum absolute atomic E-state index is 13.0. The average molecular weight is 267 g/mol. The summed E-state index contributed by atoms with van der Waals surface area (Å²) < 4.78 is 13.0. The number of aliphatic hydroxyl groups excluding tert-OH is 1. The van der Waals surface area contributed by atoms with Crippen LogP contribution in [0.5, 0.6) is 0 Å². The van der Waals surface area contributed by atoms with Gasteiger partial charge in [0.15, 0.2) is 0 Å². The maximum atomic E-state index is 13.0. The Morgan fingerprint density at radius 3 is 2.83 bits per heavy atom. The van der Waals surface area contributed by atoms with Crippen molar-refractivity contribution in [2.45, 2.75) is 6.10 Å². The van der Waals surface area contributed by atoms with Gasteiger partial charge in [-0.3, -0.25) is 0 Å².